The third-order valence-corrected chi connectivity index (χ3v) is 6.73. The lowest BCUT2D eigenvalue weighted by Gasteiger charge is -2.30. The number of nitrogens with one attached hydrogen (secondary N) is 2. The van der Waals surface area contributed by atoms with Crippen molar-refractivity contribution in [3.8, 4) is 0 Å². The van der Waals surface area contributed by atoms with Gasteiger partial charge >= 0.3 is 11.8 Å². The average Bonchev–Trinajstić information content (AvgIpc) is 3.61. The number of ether oxygens (including phenoxy) is 1. The maximum atomic E-state index is 13.2. The molecule has 0 radical (unpaired) electrons. The fourth-order valence-electron chi connectivity index (χ4n) is 4.02. The van der Waals surface area contributed by atoms with Crippen LogP contribution in [0.2, 0.25) is 0 Å². The maximum Gasteiger partial charge on any atom is 0.437 e. The summed E-state index contributed by atoms with van der Waals surface area (Å²) in [6.07, 6.45) is 0.197. The number of thiophene rings is 1. The first kappa shape index (κ1) is 27.8. The Morgan fingerprint density at radius 2 is 2.03 bits per heavy atom. The third-order valence-electron chi connectivity index (χ3n) is 6.00. The highest BCUT2D eigenvalue weighted by Gasteiger charge is 2.40. The monoisotopic (exact) mass is 533 g/mol. The third kappa shape index (κ3) is 6.53. The highest BCUT2D eigenvalue weighted by atomic mass is 32.1. The Kier molecular flexibility index (Phi) is 9.03. The summed E-state index contributed by atoms with van der Waals surface area (Å²) >= 11 is 1.46. The van der Waals surface area contributed by atoms with Gasteiger partial charge < -0.3 is 24.7 Å². The number of carbonyl (C=O) groups excluding carboxylic acids is 4. The summed E-state index contributed by atoms with van der Waals surface area (Å²) in [7, 11) is 1.20. The summed E-state index contributed by atoms with van der Waals surface area (Å²) in [6.45, 7) is 9.33. The van der Waals surface area contributed by atoms with Crippen LogP contribution in [0.15, 0.2) is 38.2 Å². The van der Waals surface area contributed by atoms with Crippen LogP contribution in [0.1, 0.15) is 49.9 Å². The number of hydrogen-bond donors (Lipinski definition) is 2. The molecule has 2 aromatic rings. The van der Waals surface area contributed by atoms with Crippen molar-refractivity contribution in [2.24, 2.45) is 5.92 Å². The van der Waals surface area contributed by atoms with E-state index in [1.54, 1.807) is 20.8 Å². The fraction of sp³-hybridized carbons (Fsp3) is 0.500. The number of amides is 3. The van der Waals surface area contributed by atoms with Crippen molar-refractivity contribution in [1.82, 2.24) is 25.3 Å². The molecule has 37 heavy (non-hydrogen) atoms. The molecule has 13 heteroatoms. The number of rotatable bonds is 10. The number of likely N-dealkylation sites (tertiary alicyclic amines) is 1. The summed E-state index contributed by atoms with van der Waals surface area (Å²) < 4.78 is 10.7. The molecule has 0 saturated carbocycles. The van der Waals surface area contributed by atoms with Crippen LogP contribution in [0.3, 0.4) is 0 Å². The minimum Gasteiger partial charge on any atom is -0.453 e. The molecule has 0 unspecified atom stereocenters. The van der Waals surface area contributed by atoms with Gasteiger partial charge in [-0.3, -0.25) is 14.4 Å². The molecule has 2 N–H and O–H groups in total. The number of hydrogen-bond acceptors (Lipinski definition) is 9. The Morgan fingerprint density at radius 3 is 2.62 bits per heavy atom. The molecule has 0 spiro atoms. The minimum atomic E-state index is -1.22. The van der Waals surface area contributed by atoms with Crippen LogP contribution in [-0.2, 0) is 20.9 Å². The molecule has 1 fully saturated rings. The number of alkyl carbamates (subject to hydrolysis) is 1. The predicted octanol–water partition coefficient (Wildman–Crippen LogP) is 1.56. The molecule has 0 aromatic carbocycles. The molecule has 3 heterocycles. The zero-order chi connectivity index (χ0) is 27.3. The molecule has 1 saturated heterocycles. The molecule has 3 amide bonds. The molecule has 1 aliphatic heterocycles. The summed E-state index contributed by atoms with van der Waals surface area (Å²) in [4.78, 5) is 65.0. The quantitative estimate of drug-likeness (QED) is 0.345. The molecule has 1 aliphatic rings. The molecule has 0 aliphatic carbocycles. The van der Waals surface area contributed by atoms with E-state index in [1.807, 2.05) is 16.8 Å². The van der Waals surface area contributed by atoms with Gasteiger partial charge in [-0.05, 0) is 48.1 Å². The van der Waals surface area contributed by atoms with Crippen molar-refractivity contribution in [3.63, 3.8) is 0 Å². The topological polar surface area (TPSA) is 153 Å². The molecule has 200 valence electrons. The van der Waals surface area contributed by atoms with E-state index in [9.17, 15) is 24.0 Å². The van der Waals surface area contributed by atoms with Gasteiger partial charge in [0, 0.05) is 6.54 Å². The molecule has 12 nitrogen and oxygen atoms in total. The number of ketones is 1. The van der Waals surface area contributed by atoms with Crippen molar-refractivity contribution in [2.45, 2.75) is 58.3 Å². The van der Waals surface area contributed by atoms with Gasteiger partial charge in [-0.15, -0.1) is 5.10 Å². The Bertz CT molecular complexity index is 1220. The zero-order valence-corrected chi connectivity index (χ0v) is 22.0. The summed E-state index contributed by atoms with van der Waals surface area (Å²) in [5.41, 5.74) is 1.13. The van der Waals surface area contributed by atoms with Crippen LogP contribution in [0.4, 0.5) is 4.79 Å². The highest BCUT2D eigenvalue weighted by molar-refractivity contribution is 7.07. The molecule has 0 bridgehead atoms. The molecule has 3 rings (SSSR count). The number of aromatic nitrogens is 2. The maximum absolute atomic E-state index is 13.2. The lowest BCUT2D eigenvalue weighted by molar-refractivity contribution is -0.140. The van der Waals surface area contributed by atoms with E-state index in [2.05, 4.69) is 27.0 Å². The molecule has 2 aromatic heterocycles. The van der Waals surface area contributed by atoms with Gasteiger partial charge in [-0.25, -0.2) is 9.59 Å². The number of Topliss-reactive ketones (excluding diaryl/α,β-unsaturated/α-hetero) is 1. The Balaban J connectivity index is 1.75. The summed E-state index contributed by atoms with van der Waals surface area (Å²) in [5, 5.41) is 12.8. The van der Waals surface area contributed by atoms with Gasteiger partial charge in [-0.2, -0.15) is 16.0 Å². The summed E-state index contributed by atoms with van der Waals surface area (Å²) in [6, 6.07) is -1.14. The van der Waals surface area contributed by atoms with Crippen LogP contribution in [0.5, 0.6) is 0 Å². The lowest BCUT2D eigenvalue weighted by atomic mass is 10.0. The minimum absolute atomic E-state index is 0.138. The van der Waals surface area contributed by atoms with E-state index in [0.29, 0.717) is 25.0 Å². The van der Waals surface area contributed by atoms with Crippen LogP contribution >= 0.6 is 11.3 Å². The number of carbonyl (C=O) groups is 4. The van der Waals surface area contributed by atoms with Crippen LogP contribution in [0, 0.1) is 5.92 Å². The van der Waals surface area contributed by atoms with Crippen molar-refractivity contribution in [3.05, 3.63) is 51.0 Å². The van der Waals surface area contributed by atoms with Gasteiger partial charge in [0.25, 0.3) is 5.89 Å². The van der Waals surface area contributed by atoms with E-state index < -0.39 is 53.5 Å². The van der Waals surface area contributed by atoms with Crippen molar-refractivity contribution < 1.29 is 28.3 Å². The van der Waals surface area contributed by atoms with E-state index in [0.717, 1.165) is 10.2 Å². The van der Waals surface area contributed by atoms with Crippen LogP contribution < -0.4 is 16.4 Å². The second kappa shape index (κ2) is 12.0. The van der Waals surface area contributed by atoms with Crippen molar-refractivity contribution in [2.75, 3.05) is 13.7 Å². The number of nitrogens with zero attached hydrogens (tertiary/aromatic N) is 3. The molecule has 3 atom stereocenters. The Hall–Kier alpha value is -3.74. The molecular weight excluding hydrogens is 502 g/mol. The van der Waals surface area contributed by atoms with Crippen LogP contribution in [-0.4, -0.2) is 70.2 Å². The Morgan fingerprint density at radius 1 is 1.30 bits per heavy atom. The van der Waals surface area contributed by atoms with Gasteiger partial charge in [0.15, 0.2) is 0 Å². The largest absolute Gasteiger partial charge is 0.453 e. The SMILES string of the molecule is C=C(C)[C@H](NC(=O)[C@@H]1CCCN1C(=O)[C@@H](NC(=O)OC)C(C)C)C(=O)c1nn(Cc2ccsc2)c(=O)o1. The van der Waals surface area contributed by atoms with Gasteiger partial charge in [0.2, 0.25) is 17.6 Å². The van der Waals surface area contributed by atoms with E-state index in [1.165, 1.54) is 23.3 Å². The fourth-order valence-corrected chi connectivity index (χ4v) is 4.68. The van der Waals surface area contributed by atoms with Crippen LogP contribution in [0.25, 0.3) is 0 Å². The second-order valence-electron chi connectivity index (χ2n) is 9.16. The van der Waals surface area contributed by atoms with Gasteiger partial charge in [-0.1, -0.05) is 26.0 Å². The molecular formula is C24H31N5O7S. The van der Waals surface area contributed by atoms with E-state index in [-0.39, 0.29) is 12.5 Å². The average molecular weight is 534 g/mol. The van der Waals surface area contributed by atoms with E-state index >= 15 is 0 Å². The van der Waals surface area contributed by atoms with Gasteiger partial charge in [0.05, 0.1) is 13.7 Å². The second-order valence-corrected chi connectivity index (χ2v) is 9.94. The zero-order valence-electron chi connectivity index (χ0n) is 21.2. The first-order valence-electron chi connectivity index (χ1n) is 11.8. The first-order valence-corrected chi connectivity index (χ1v) is 12.7. The summed E-state index contributed by atoms with van der Waals surface area (Å²) in [5.74, 6) is -3.22. The standard InChI is InChI=1S/C24H31N5O7S/c1-13(2)17(19(30)21-27-29(24(34)36-21)11-15-8-10-37-12-15)25-20(31)16-7-6-9-28(16)22(32)18(14(3)4)26-23(33)35-5/h8,10,12,14,16-18H,1,6-7,9,11H2,2-5H3,(H,25,31)(H,26,33)/t16-,17-,18-/m0/s1. The highest BCUT2D eigenvalue weighted by Crippen LogP contribution is 2.21. The van der Waals surface area contributed by atoms with E-state index in [4.69, 9.17) is 4.42 Å². The van der Waals surface area contributed by atoms with Gasteiger partial charge in [0.1, 0.15) is 18.1 Å². The predicted molar refractivity (Wildman–Crippen MR) is 134 cm³/mol. The number of methoxy groups -OCH3 is 1. The smallest absolute Gasteiger partial charge is 0.437 e. The van der Waals surface area contributed by atoms with Crippen molar-refractivity contribution in [1.29, 1.82) is 0 Å². The van der Waals surface area contributed by atoms with Crippen molar-refractivity contribution >= 4 is 35.0 Å². The normalized spacial score (nSPS) is 16.8. The lowest BCUT2D eigenvalue weighted by Crippen LogP contribution is -2.56. The first-order chi connectivity index (χ1) is 17.5. The Labute approximate surface area is 217 Å².